The lowest BCUT2D eigenvalue weighted by Gasteiger charge is -2.38. The van der Waals surface area contributed by atoms with Crippen LogP contribution in [0.1, 0.15) is 84.3 Å². The van der Waals surface area contributed by atoms with E-state index in [2.05, 4.69) is 25.9 Å². The molecule has 0 radical (unpaired) electrons. The van der Waals surface area contributed by atoms with Crippen molar-refractivity contribution in [1.29, 1.82) is 0 Å². The molecule has 0 saturated carbocycles. The smallest absolute Gasteiger partial charge is 0.407 e. The SMILES string of the molecule is COC(=O)N[C@H](C(=O)N[C@@H](Cc1ccc(-c2ccccn2)cc1)C[C@@H](O)[C@H](Cc1ccccc1)NC(=O)[C@@H](N1CCN(Cc2cccc(C(C)(C)O)n2)C1=O)C(C)(C)C)C(C)(C)C. The Bertz CT molecular complexity index is 2150. The molecule has 14 nitrogen and oxygen atoms in total. The van der Waals surface area contributed by atoms with E-state index in [-0.39, 0.29) is 25.4 Å². The van der Waals surface area contributed by atoms with E-state index in [1.807, 2.05) is 114 Å². The normalized spacial score (nSPS) is 15.8. The number of hydrogen-bond donors (Lipinski definition) is 5. The third-order valence-electron chi connectivity index (χ3n) is 11.2. The van der Waals surface area contributed by atoms with Crippen LogP contribution in [-0.2, 0) is 39.3 Å². The summed E-state index contributed by atoms with van der Waals surface area (Å²) in [6.07, 6.45) is 0.435. The van der Waals surface area contributed by atoms with Gasteiger partial charge in [-0.05, 0) is 79.3 Å². The molecule has 0 unspecified atom stereocenters. The zero-order valence-corrected chi connectivity index (χ0v) is 38.1. The van der Waals surface area contributed by atoms with Gasteiger partial charge in [-0.15, -0.1) is 0 Å². The third-order valence-corrected chi connectivity index (χ3v) is 11.2. The van der Waals surface area contributed by atoms with E-state index in [0.717, 1.165) is 22.4 Å². The Morgan fingerprint density at radius 1 is 0.762 bits per heavy atom. The van der Waals surface area contributed by atoms with Gasteiger partial charge in [-0.25, -0.2) is 9.59 Å². The van der Waals surface area contributed by atoms with E-state index >= 15 is 0 Å². The molecule has 338 valence electrons. The standard InChI is InChI=1S/C49H65N7O7/c1-47(2,3)41(54-45(60)63-9)43(58)52-36(28-33-21-23-34(24-22-33)37-19-13-14-25-50-37)30-39(57)38(29-32-16-11-10-12-17-32)53-44(59)42(48(4,5)6)56-27-26-55(46(56)61)31-35-18-15-20-40(51-35)49(7,8)62/h10-25,36,38-39,41-42,57,62H,26-31H2,1-9H3,(H,52,58)(H,53,59)(H,54,60)/t36-,38-,39+,41+,42+/m0/s1. The van der Waals surface area contributed by atoms with E-state index in [4.69, 9.17) is 4.74 Å². The van der Waals surface area contributed by atoms with Crippen molar-refractivity contribution in [3.05, 3.63) is 120 Å². The molecule has 0 spiro atoms. The molecule has 2 aromatic heterocycles. The van der Waals surface area contributed by atoms with Crippen LogP contribution in [0.25, 0.3) is 11.3 Å². The van der Waals surface area contributed by atoms with Gasteiger partial charge < -0.3 is 40.7 Å². The fraction of sp³-hybridized carbons (Fsp3) is 0.469. The van der Waals surface area contributed by atoms with Crippen LogP contribution < -0.4 is 16.0 Å². The van der Waals surface area contributed by atoms with Crippen LogP contribution in [0.3, 0.4) is 0 Å². The van der Waals surface area contributed by atoms with Crippen LogP contribution >= 0.6 is 0 Å². The molecule has 63 heavy (non-hydrogen) atoms. The van der Waals surface area contributed by atoms with Gasteiger partial charge >= 0.3 is 12.1 Å². The second-order valence-corrected chi connectivity index (χ2v) is 19.1. The first-order chi connectivity index (χ1) is 29.6. The Balaban J connectivity index is 1.41. The number of alkyl carbamates (subject to hydrolysis) is 1. The average molecular weight is 864 g/mol. The van der Waals surface area contributed by atoms with Crippen molar-refractivity contribution in [2.45, 2.75) is 117 Å². The summed E-state index contributed by atoms with van der Waals surface area (Å²) < 4.78 is 4.84. The molecule has 0 aliphatic carbocycles. The van der Waals surface area contributed by atoms with Crippen molar-refractivity contribution in [3.63, 3.8) is 0 Å². The number of nitrogens with zero attached hydrogens (tertiary/aromatic N) is 4. The van der Waals surface area contributed by atoms with Gasteiger partial charge in [0.15, 0.2) is 0 Å². The lowest BCUT2D eigenvalue weighted by atomic mass is 9.84. The topological polar surface area (TPSA) is 186 Å². The number of aliphatic hydroxyl groups is 2. The summed E-state index contributed by atoms with van der Waals surface area (Å²) in [5, 5.41) is 31.7. The summed E-state index contributed by atoms with van der Waals surface area (Å²) in [6, 6.07) is 24.7. The maximum atomic E-state index is 14.7. The molecule has 3 heterocycles. The van der Waals surface area contributed by atoms with Gasteiger partial charge in [-0.2, -0.15) is 0 Å². The Morgan fingerprint density at radius 3 is 2.03 bits per heavy atom. The zero-order valence-electron chi connectivity index (χ0n) is 38.1. The molecule has 5 amide bonds. The average Bonchev–Trinajstić information content (AvgIpc) is 3.56. The number of urea groups is 1. The predicted molar refractivity (Wildman–Crippen MR) is 242 cm³/mol. The lowest BCUT2D eigenvalue weighted by Crippen LogP contribution is -2.59. The Kier molecular flexibility index (Phi) is 15.7. The monoisotopic (exact) mass is 863 g/mol. The van der Waals surface area contributed by atoms with Gasteiger partial charge in [0.1, 0.15) is 17.7 Å². The number of benzene rings is 2. The van der Waals surface area contributed by atoms with E-state index in [0.29, 0.717) is 30.9 Å². The van der Waals surface area contributed by atoms with E-state index < -0.39 is 64.6 Å². The number of methoxy groups -OCH3 is 1. The van der Waals surface area contributed by atoms with Crippen LogP contribution in [-0.4, -0.2) is 104 Å². The number of pyridine rings is 2. The molecular weight excluding hydrogens is 799 g/mol. The van der Waals surface area contributed by atoms with Crippen molar-refractivity contribution in [2.75, 3.05) is 20.2 Å². The minimum absolute atomic E-state index is 0.0356. The minimum Gasteiger partial charge on any atom is -0.453 e. The molecule has 4 aromatic rings. The highest BCUT2D eigenvalue weighted by atomic mass is 16.5. The van der Waals surface area contributed by atoms with Gasteiger partial charge in [0.25, 0.3) is 0 Å². The number of rotatable bonds is 17. The number of aliphatic hydroxyl groups excluding tert-OH is 1. The van der Waals surface area contributed by atoms with Crippen LogP contribution in [0.15, 0.2) is 97.2 Å². The Hall–Kier alpha value is -5.86. The van der Waals surface area contributed by atoms with Crippen molar-refractivity contribution < 1.29 is 34.1 Å². The Morgan fingerprint density at radius 2 is 1.43 bits per heavy atom. The summed E-state index contributed by atoms with van der Waals surface area (Å²) in [4.78, 5) is 67.5. The van der Waals surface area contributed by atoms with Crippen molar-refractivity contribution >= 4 is 23.9 Å². The summed E-state index contributed by atoms with van der Waals surface area (Å²) in [5.74, 6) is -0.869. The van der Waals surface area contributed by atoms with Gasteiger partial charge in [0, 0.05) is 30.9 Å². The maximum Gasteiger partial charge on any atom is 0.407 e. The molecule has 0 bridgehead atoms. The summed E-state index contributed by atoms with van der Waals surface area (Å²) in [5.41, 5.74) is 2.05. The third kappa shape index (κ3) is 13.3. The summed E-state index contributed by atoms with van der Waals surface area (Å²) in [7, 11) is 1.23. The van der Waals surface area contributed by atoms with Crippen LogP contribution in [0, 0.1) is 10.8 Å². The molecule has 2 aromatic carbocycles. The van der Waals surface area contributed by atoms with Gasteiger partial charge in [0.05, 0.1) is 42.9 Å². The number of amides is 5. The van der Waals surface area contributed by atoms with Gasteiger partial charge in [0.2, 0.25) is 11.8 Å². The molecule has 5 rings (SSSR count). The van der Waals surface area contributed by atoms with E-state index in [9.17, 15) is 29.4 Å². The van der Waals surface area contributed by atoms with Crippen LogP contribution in [0.5, 0.6) is 0 Å². The highest BCUT2D eigenvalue weighted by Crippen LogP contribution is 2.30. The molecule has 5 N–H and O–H groups in total. The van der Waals surface area contributed by atoms with Gasteiger partial charge in [-0.1, -0.05) is 108 Å². The number of carbonyl (C=O) groups excluding carboxylic acids is 4. The minimum atomic E-state index is -1.17. The summed E-state index contributed by atoms with van der Waals surface area (Å²) >= 11 is 0. The Labute approximate surface area is 371 Å². The highest BCUT2D eigenvalue weighted by Gasteiger charge is 2.44. The molecular formula is C49H65N7O7. The molecule has 1 aliphatic heterocycles. The van der Waals surface area contributed by atoms with Crippen LogP contribution in [0.2, 0.25) is 0 Å². The van der Waals surface area contributed by atoms with Gasteiger partial charge in [-0.3, -0.25) is 19.6 Å². The zero-order chi connectivity index (χ0) is 46.1. The quantitative estimate of drug-likeness (QED) is 0.0850. The molecule has 14 heteroatoms. The maximum absolute atomic E-state index is 14.7. The number of ether oxygens (including phenoxy) is 1. The number of hydrogen-bond acceptors (Lipinski definition) is 9. The lowest BCUT2D eigenvalue weighted by molar-refractivity contribution is -0.131. The first-order valence-corrected chi connectivity index (χ1v) is 21.6. The number of carbonyl (C=O) groups is 4. The first-order valence-electron chi connectivity index (χ1n) is 21.6. The summed E-state index contributed by atoms with van der Waals surface area (Å²) in [6.45, 7) is 15.4. The van der Waals surface area contributed by atoms with E-state index in [1.165, 1.54) is 7.11 Å². The molecule has 1 fully saturated rings. The highest BCUT2D eigenvalue weighted by molar-refractivity contribution is 5.89. The largest absolute Gasteiger partial charge is 0.453 e. The number of aromatic nitrogens is 2. The van der Waals surface area contributed by atoms with Crippen molar-refractivity contribution in [2.24, 2.45) is 10.8 Å². The fourth-order valence-electron chi connectivity index (χ4n) is 7.92. The molecule has 1 saturated heterocycles. The van der Waals surface area contributed by atoms with Crippen LogP contribution in [0.4, 0.5) is 9.59 Å². The first kappa shape index (κ1) is 48.2. The van der Waals surface area contributed by atoms with Crippen molar-refractivity contribution in [1.82, 2.24) is 35.7 Å². The van der Waals surface area contributed by atoms with E-state index in [1.54, 1.807) is 48.0 Å². The number of nitrogens with one attached hydrogen (secondary N) is 3. The second-order valence-electron chi connectivity index (χ2n) is 19.1. The second kappa shape index (κ2) is 20.5. The van der Waals surface area contributed by atoms with Crippen molar-refractivity contribution in [3.8, 4) is 11.3 Å². The predicted octanol–water partition coefficient (Wildman–Crippen LogP) is 6.00. The molecule has 1 aliphatic rings. The fourth-order valence-corrected chi connectivity index (χ4v) is 7.92. The molecule has 5 atom stereocenters.